The quantitative estimate of drug-likeness (QED) is 0.510. The summed E-state index contributed by atoms with van der Waals surface area (Å²) < 4.78 is 0. The van der Waals surface area contributed by atoms with Gasteiger partial charge < -0.3 is 4.90 Å². The first kappa shape index (κ1) is 21.7. The summed E-state index contributed by atoms with van der Waals surface area (Å²) in [7, 11) is 2.28. The Morgan fingerprint density at radius 3 is 1.91 bits per heavy atom. The molecule has 33 heavy (non-hydrogen) atoms. The largest absolute Gasteiger partial charge is 0.358 e. The number of aryl methyl sites for hydroxylation is 3. The highest BCUT2D eigenvalue weighted by Crippen LogP contribution is 2.65. The van der Waals surface area contributed by atoms with Crippen molar-refractivity contribution in [1.29, 1.82) is 0 Å². The van der Waals surface area contributed by atoms with E-state index in [2.05, 4.69) is 75.7 Å². The molecular weight excluding hydrogens is 400 g/mol. The van der Waals surface area contributed by atoms with Crippen molar-refractivity contribution < 1.29 is 0 Å². The minimum Gasteiger partial charge on any atom is -0.358 e. The number of rotatable bonds is 3. The Morgan fingerprint density at radius 2 is 1.33 bits per heavy atom. The van der Waals surface area contributed by atoms with Crippen molar-refractivity contribution in [3.8, 4) is 0 Å². The molecule has 0 amide bonds. The Kier molecular flexibility index (Phi) is 5.00. The van der Waals surface area contributed by atoms with Crippen LogP contribution in [0.15, 0.2) is 24.3 Å². The zero-order valence-corrected chi connectivity index (χ0v) is 21.7. The smallest absolute Gasteiger partial charge is 0.0707 e. The molecule has 5 aliphatic rings. The van der Waals surface area contributed by atoms with E-state index in [1.165, 1.54) is 60.0 Å². The van der Waals surface area contributed by atoms with Crippen molar-refractivity contribution in [2.45, 2.75) is 78.7 Å². The van der Waals surface area contributed by atoms with Crippen LogP contribution in [-0.2, 0) is 12.0 Å². The normalized spacial score (nSPS) is 33.0. The highest BCUT2D eigenvalue weighted by molar-refractivity contribution is 5.64. The van der Waals surface area contributed by atoms with Gasteiger partial charge in [0.05, 0.1) is 6.67 Å². The SMILES string of the molecule is CCN1CN(C)Cc2cc(C3(c4cc(C)c(C)c(C)c4)C4CC5CC(C4)CC3C5)cc(C)c21. The van der Waals surface area contributed by atoms with Gasteiger partial charge in [-0.3, -0.25) is 4.90 Å². The first-order chi connectivity index (χ1) is 15.8. The zero-order chi connectivity index (χ0) is 23.1. The number of fused-ring (bicyclic) bond motifs is 1. The lowest BCUT2D eigenvalue weighted by Crippen LogP contribution is -2.56. The molecule has 0 N–H and O–H groups in total. The average molecular weight is 443 g/mol. The molecule has 2 nitrogen and oxygen atoms in total. The third kappa shape index (κ3) is 3.09. The lowest BCUT2D eigenvalue weighted by Gasteiger charge is -2.62. The molecule has 176 valence electrons. The molecule has 0 saturated heterocycles. The predicted molar refractivity (Wildman–Crippen MR) is 139 cm³/mol. The van der Waals surface area contributed by atoms with Crippen molar-refractivity contribution in [3.05, 3.63) is 63.2 Å². The summed E-state index contributed by atoms with van der Waals surface area (Å²) in [6.45, 7) is 14.8. The minimum atomic E-state index is 0.198. The van der Waals surface area contributed by atoms with Gasteiger partial charge in [0.25, 0.3) is 0 Å². The molecule has 0 spiro atoms. The second-order valence-corrected chi connectivity index (χ2v) is 12.2. The second-order valence-electron chi connectivity index (χ2n) is 12.2. The van der Waals surface area contributed by atoms with Gasteiger partial charge in [-0.1, -0.05) is 24.3 Å². The molecule has 2 heteroatoms. The van der Waals surface area contributed by atoms with E-state index in [-0.39, 0.29) is 5.41 Å². The fourth-order valence-corrected chi connectivity index (χ4v) is 8.94. The Labute approximate surface area is 201 Å². The van der Waals surface area contributed by atoms with Gasteiger partial charge in [0.2, 0.25) is 0 Å². The average Bonchev–Trinajstić information content (AvgIpc) is 2.76. The molecule has 1 aliphatic heterocycles. The van der Waals surface area contributed by atoms with Crippen LogP contribution < -0.4 is 4.90 Å². The molecule has 0 unspecified atom stereocenters. The van der Waals surface area contributed by atoms with E-state index in [9.17, 15) is 0 Å². The molecule has 4 fully saturated rings. The zero-order valence-electron chi connectivity index (χ0n) is 21.7. The van der Waals surface area contributed by atoms with E-state index >= 15 is 0 Å². The minimum absolute atomic E-state index is 0.198. The molecule has 0 radical (unpaired) electrons. The summed E-state index contributed by atoms with van der Waals surface area (Å²) >= 11 is 0. The van der Waals surface area contributed by atoms with Crippen LogP contribution in [0, 0.1) is 51.4 Å². The fourth-order valence-electron chi connectivity index (χ4n) is 8.94. The molecule has 2 aromatic carbocycles. The summed E-state index contributed by atoms with van der Waals surface area (Å²) in [5.74, 6) is 3.56. The van der Waals surface area contributed by atoms with Crippen molar-refractivity contribution in [3.63, 3.8) is 0 Å². The molecule has 2 aromatic rings. The lowest BCUT2D eigenvalue weighted by molar-refractivity contribution is -0.0419. The maximum Gasteiger partial charge on any atom is 0.0707 e. The Balaban J connectivity index is 1.59. The van der Waals surface area contributed by atoms with Gasteiger partial charge in [0.1, 0.15) is 0 Å². The van der Waals surface area contributed by atoms with Crippen molar-refractivity contribution >= 4 is 5.69 Å². The maximum atomic E-state index is 2.66. The number of hydrogen-bond acceptors (Lipinski definition) is 2. The van der Waals surface area contributed by atoms with Gasteiger partial charge in [-0.05, 0) is 136 Å². The second kappa shape index (κ2) is 7.60. The molecule has 0 atom stereocenters. The van der Waals surface area contributed by atoms with E-state index in [0.29, 0.717) is 0 Å². The van der Waals surface area contributed by atoms with Crippen molar-refractivity contribution in [2.75, 3.05) is 25.2 Å². The molecule has 0 aromatic heterocycles. The van der Waals surface area contributed by atoms with Gasteiger partial charge in [-0.15, -0.1) is 0 Å². The third-order valence-corrected chi connectivity index (χ3v) is 10.2. The van der Waals surface area contributed by atoms with E-state index in [0.717, 1.165) is 43.4 Å². The standard InChI is InChI=1S/C31H42N2/c1-7-33-18-32(6)17-25-16-27(10-21(4)30(25)33)31(26-8-19(2)22(5)20(3)9-26)28-12-23-11-24(14-28)15-29(31)13-23/h8-10,16,23-24,28-29H,7,11-15,17-18H2,1-6H3. The third-order valence-electron chi connectivity index (χ3n) is 10.2. The molecular formula is C31H42N2. The van der Waals surface area contributed by atoms with E-state index < -0.39 is 0 Å². The van der Waals surface area contributed by atoms with E-state index in [4.69, 9.17) is 0 Å². The Morgan fingerprint density at radius 1 is 0.788 bits per heavy atom. The topological polar surface area (TPSA) is 6.48 Å². The van der Waals surface area contributed by atoms with Crippen LogP contribution in [0.25, 0.3) is 0 Å². The highest BCUT2D eigenvalue weighted by atomic mass is 15.3. The maximum absolute atomic E-state index is 2.66. The van der Waals surface area contributed by atoms with Gasteiger partial charge >= 0.3 is 0 Å². The fraction of sp³-hybridized carbons (Fsp3) is 0.613. The Bertz CT molecular complexity index is 1050. The summed E-state index contributed by atoms with van der Waals surface area (Å²) in [5.41, 5.74) is 12.4. The van der Waals surface area contributed by atoms with Crippen LogP contribution in [0.4, 0.5) is 5.69 Å². The number of benzene rings is 2. The van der Waals surface area contributed by atoms with E-state index in [1.54, 1.807) is 16.7 Å². The van der Waals surface area contributed by atoms with Gasteiger partial charge in [0.15, 0.2) is 0 Å². The monoisotopic (exact) mass is 442 g/mol. The van der Waals surface area contributed by atoms with Crippen molar-refractivity contribution in [1.82, 2.24) is 4.90 Å². The van der Waals surface area contributed by atoms with Crippen LogP contribution >= 0.6 is 0 Å². The van der Waals surface area contributed by atoms with Crippen molar-refractivity contribution in [2.24, 2.45) is 23.7 Å². The van der Waals surface area contributed by atoms with Crippen LogP contribution in [0.2, 0.25) is 0 Å². The molecule has 4 aliphatic carbocycles. The molecule has 7 rings (SSSR count). The predicted octanol–water partition coefficient (Wildman–Crippen LogP) is 6.89. The molecule has 4 bridgehead atoms. The highest BCUT2D eigenvalue weighted by Gasteiger charge is 2.58. The number of hydrogen-bond donors (Lipinski definition) is 0. The first-order valence-corrected chi connectivity index (χ1v) is 13.5. The van der Waals surface area contributed by atoms with Crippen LogP contribution in [-0.4, -0.2) is 25.2 Å². The molecule has 4 saturated carbocycles. The van der Waals surface area contributed by atoms with Gasteiger partial charge in [-0.25, -0.2) is 0 Å². The Hall–Kier alpha value is -1.80. The summed E-state index contributed by atoms with van der Waals surface area (Å²) in [6.07, 6.45) is 7.27. The first-order valence-electron chi connectivity index (χ1n) is 13.5. The van der Waals surface area contributed by atoms with E-state index in [1.807, 2.05) is 0 Å². The summed E-state index contributed by atoms with van der Waals surface area (Å²) in [5, 5.41) is 0. The summed E-state index contributed by atoms with van der Waals surface area (Å²) in [4.78, 5) is 5.06. The number of nitrogens with zero attached hydrogens (tertiary/aromatic N) is 2. The molecule has 1 heterocycles. The van der Waals surface area contributed by atoms with Crippen LogP contribution in [0.5, 0.6) is 0 Å². The van der Waals surface area contributed by atoms with Gasteiger partial charge in [-0.2, -0.15) is 0 Å². The van der Waals surface area contributed by atoms with Crippen LogP contribution in [0.3, 0.4) is 0 Å². The number of anilines is 1. The summed E-state index contributed by atoms with van der Waals surface area (Å²) in [6, 6.07) is 10.5. The van der Waals surface area contributed by atoms with Crippen LogP contribution in [0.1, 0.15) is 78.0 Å². The van der Waals surface area contributed by atoms with Gasteiger partial charge in [0, 0.05) is 24.2 Å². The lowest BCUT2D eigenvalue weighted by atomic mass is 9.42.